The summed E-state index contributed by atoms with van der Waals surface area (Å²) in [6.07, 6.45) is 3.71. The lowest BCUT2D eigenvalue weighted by molar-refractivity contribution is 0.189. The smallest absolute Gasteiger partial charge is 0.0192 e. The van der Waals surface area contributed by atoms with E-state index < -0.39 is 0 Å². The Morgan fingerprint density at radius 1 is 1.07 bits per heavy atom. The van der Waals surface area contributed by atoms with Gasteiger partial charge in [-0.3, -0.25) is 4.90 Å². The van der Waals surface area contributed by atoms with Gasteiger partial charge in [-0.15, -0.1) is 0 Å². The van der Waals surface area contributed by atoms with Crippen molar-refractivity contribution < 1.29 is 0 Å². The minimum Gasteiger partial charge on any atom is -0.313 e. The first-order chi connectivity index (χ1) is 7.19. The van der Waals surface area contributed by atoms with Gasteiger partial charge in [0.2, 0.25) is 0 Å². The van der Waals surface area contributed by atoms with Crippen LogP contribution in [-0.2, 0) is 0 Å². The minimum absolute atomic E-state index is 0.666. The molecule has 0 aromatic carbocycles. The summed E-state index contributed by atoms with van der Waals surface area (Å²) in [6, 6.07) is 1.38. The van der Waals surface area contributed by atoms with Crippen molar-refractivity contribution in [3.05, 3.63) is 0 Å². The monoisotopic (exact) mass is 214 g/mol. The molecule has 0 aliphatic heterocycles. The van der Waals surface area contributed by atoms with Gasteiger partial charge in [0, 0.05) is 18.6 Å². The minimum atomic E-state index is 0.666. The van der Waals surface area contributed by atoms with Crippen molar-refractivity contribution in [2.75, 3.05) is 19.6 Å². The third-order valence-electron chi connectivity index (χ3n) is 3.25. The Bertz CT molecular complexity index is 136. The van der Waals surface area contributed by atoms with E-state index >= 15 is 0 Å². The average Bonchev–Trinajstić information content (AvgIpc) is 2.28. The van der Waals surface area contributed by atoms with E-state index in [1.165, 1.54) is 32.4 Å². The quantitative estimate of drug-likeness (QED) is 0.635. The molecule has 2 atom stereocenters. The lowest BCUT2D eigenvalue weighted by Crippen LogP contribution is -2.44. The Kier molecular flexibility index (Phi) is 9.12. The summed E-state index contributed by atoms with van der Waals surface area (Å²) in [4.78, 5) is 2.58. The maximum absolute atomic E-state index is 3.62. The number of hydrogen-bond acceptors (Lipinski definition) is 2. The van der Waals surface area contributed by atoms with Crippen LogP contribution in [0.4, 0.5) is 0 Å². The summed E-state index contributed by atoms with van der Waals surface area (Å²) in [6.45, 7) is 14.9. The van der Waals surface area contributed by atoms with Gasteiger partial charge in [-0.1, -0.05) is 27.7 Å². The topological polar surface area (TPSA) is 15.3 Å². The molecule has 0 aromatic heterocycles. The van der Waals surface area contributed by atoms with Gasteiger partial charge in [0.15, 0.2) is 0 Å². The van der Waals surface area contributed by atoms with E-state index in [9.17, 15) is 0 Å². The largest absolute Gasteiger partial charge is 0.313 e. The third kappa shape index (κ3) is 6.16. The lowest BCUT2D eigenvalue weighted by atomic mass is 10.1. The highest BCUT2D eigenvalue weighted by molar-refractivity contribution is 4.73. The molecule has 2 heteroatoms. The van der Waals surface area contributed by atoms with Crippen LogP contribution in [0.2, 0.25) is 0 Å². The van der Waals surface area contributed by atoms with Gasteiger partial charge in [0.25, 0.3) is 0 Å². The highest BCUT2D eigenvalue weighted by atomic mass is 15.2. The number of likely N-dealkylation sites (N-methyl/N-ethyl adjacent to an activating group) is 1. The van der Waals surface area contributed by atoms with Crippen LogP contribution < -0.4 is 5.32 Å². The molecule has 0 heterocycles. The molecule has 0 rings (SSSR count). The van der Waals surface area contributed by atoms with E-state index in [0.717, 1.165) is 6.54 Å². The fourth-order valence-electron chi connectivity index (χ4n) is 1.85. The fourth-order valence-corrected chi connectivity index (χ4v) is 1.85. The van der Waals surface area contributed by atoms with Gasteiger partial charge >= 0.3 is 0 Å². The van der Waals surface area contributed by atoms with Crippen LogP contribution in [0, 0.1) is 0 Å². The van der Waals surface area contributed by atoms with Crippen LogP contribution in [0.3, 0.4) is 0 Å². The molecule has 0 saturated heterocycles. The Hall–Kier alpha value is -0.0800. The van der Waals surface area contributed by atoms with Crippen molar-refractivity contribution in [1.82, 2.24) is 10.2 Å². The van der Waals surface area contributed by atoms with E-state index in [4.69, 9.17) is 0 Å². The van der Waals surface area contributed by atoms with Gasteiger partial charge in [-0.05, 0) is 39.3 Å². The van der Waals surface area contributed by atoms with Crippen LogP contribution in [0.25, 0.3) is 0 Å². The van der Waals surface area contributed by atoms with Gasteiger partial charge in [0.1, 0.15) is 0 Å². The predicted molar refractivity (Wildman–Crippen MR) is 69.4 cm³/mol. The molecule has 2 unspecified atom stereocenters. The van der Waals surface area contributed by atoms with E-state index in [-0.39, 0.29) is 0 Å². The number of hydrogen-bond donors (Lipinski definition) is 1. The second-order valence-electron chi connectivity index (χ2n) is 4.40. The lowest BCUT2D eigenvalue weighted by Gasteiger charge is -2.31. The second kappa shape index (κ2) is 9.17. The molecular formula is C13H30N2. The highest BCUT2D eigenvalue weighted by Crippen LogP contribution is 2.05. The maximum atomic E-state index is 3.62. The summed E-state index contributed by atoms with van der Waals surface area (Å²) in [5, 5.41) is 3.62. The summed E-state index contributed by atoms with van der Waals surface area (Å²) >= 11 is 0. The van der Waals surface area contributed by atoms with Crippen LogP contribution >= 0.6 is 0 Å². The molecule has 0 fully saturated rings. The Balaban J connectivity index is 3.99. The van der Waals surface area contributed by atoms with E-state index in [1.807, 2.05) is 0 Å². The molecule has 2 nitrogen and oxygen atoms in total. The average molecular weight is 214 g/mol. The first kappa shape index (κ1) is 14.9. The van der Waals surface area contributed by atoms with Crippen molar-refractivity contribution in [3.63, 3.8) is 0 Å². The molecule has 0 spiro atoms. The molecule has 15 heavy (non-hydrogen) atoms. The Morgan fingerprint density at radius 3 is 2.13 bits per heavy atom. The molecule has 1 N–H and O–H groups in total. The Labute approximate surface area is 96.4 Å². The predicted octanol–water partition coefficient (Wildman–Crippen LogP) is 2.89. The molecule has 92 valence electrons. The molecule has 0 amide bonds. The number of nitrogens with zero attached hydrogens (tertiary/aromatic N) is 1. The van der Waals surface area contributed by atoms with Gasteiger partial charge in [-0.25, -0.2) is 0 Å². The maximum Gasteiger partial charge on any atom is 0.0192 e. The van der Waals surface area contributed by atoms with Crippen molar-refractivity contribution in [2.24, 2.45) is 0 Å². The first-order valence-corrected chi connectivity index (χ1v) is 6.66. The third-order valence-corrected chi connectivity index (χ3v) is 3.25. The summed E-state index contributed by atoms with van der Waals surface area (Å²) in [5.41, 5.74) is 0. The molecule has 0 saturated carbocycles. The highest BCUT2D eigenvalue weighted by Gasteiger charge is 2.14. The SMILES string of the molecule is CCCNC(CC)CN(CC)C(C)CC. The summed E-state index contributed by atoms with van der Waals surface area (Å²) < 4.78 is 0. The molecule has 0 aliphatic carbocycles. The second-order valence-corrected chi connectivity index (χ2v) is 4.40. The van der Waals surface area contributed by atoms with Crippen LogP contribution in [0.5, 0.6) is 0 Å². The van der Waals surface area contributed by atoms with E-state index in [1.54, 1.807) is 0 Å². The van der Waals surface area contributed by atoms with E-state index in [2.05, 4.69) is 44.8 Å². The van der Waals surface area contributed by atoms with Gasteiger partial charge in [0.05, 0.1) is 0 Å². The van der Waals surface area contributed by atoms with Crippen LogP contribution in [-0.4, -0.2) is 36.6 Å². The zero-order valence-corrected chi connectivity index (χ0v) is 11.3. The summed E-state index contributed by atoms with van der Waals surface area (Å²) in [7, 11) is 0. The molecule has 0 bridgehead atoms. The van der Waals surface area contributed by atoms with Crippen molar-refractivity contribution in [2.45, 2.75) is 66.0 Å². The van der Waals surface area contributed by atoms with Gasteiger partial charge in [-0.2, -0.15) is 0 Å². The number of rotatable bonds is 9. The molecule has 0 aromatic rings. The zero-order chi connectivity index (χ0) is 11.7. The van der Waals surface area contributed by atoms with Crippen molar-refractivity contribution in [3.8, 4) is 0 Å². The number of nitrogens with one attached hydrogen (secondary N) is 1. The molecular weight excluding hydrogens is 184 g/mol. The van der Waals surface area contributed by atoms with Crippen molar-refractivity contribution >= 4 is 0 Å². The standard InChI is InChI=1S/C13H30N2/c1-6-10-14-13(8-3)11-15(9-4)12(5)7-2/h12-14H,6-11H2,1-5H3. The summed E-state index contributed by atoms with van der Waals surface area (Å²) in [5.74, 6) is 0. The molecule has 0 radical (unpaired) electrons. The van der Waals surface area contributed by atoms with Crippen LogP contribution in [0.1, 0.15) is 53.9 Å². The first-order valence-electron chi connectivity index (χ1n) is 6.66. The van der Waals surface area contributed by atoms with Crippen LogP contribution in [0.15, 0.2) is 0 Å². The fraction of sp³-hybridized carbons (Fsp3) is 1.00. The van der Waals surface area contributed by atoms with Gasteiger partial charge < -0.3 is 5.32 Å². The zero-order valence-electron chi connectivity index (χ0n) is 11.3. The van der Waals surface area contributed by atoms with E-state index in [0.29, 0.717) is 12.1 Å². The van der Waals surface area contributed by atoms with Crippen molar-refractivity contribution in [1.29, 1.82) is 0 Å². The Morgan fingerprint density at radius 2 is 1.73 bits per heavy atom. The normalized spacial score (nSPS) is 15.6. The molecule has 0 aliphatic rings.